The minimum atomic E-state index is -0.944. The molecule has 2 aromatic carbocycles. The highest BCUT2D eigenvalue weighted by Crippen LogP contribution is 2.34. The molecule has 132 valence electrons. The molecule has 1 fully saturated rings. The highest BCUT2D eigenvalue weighted by molar-refractivity contribution is 5.99. The van der Waals surface area contributed by atoms with Gasteiger partial charge in [0, 0.05) is 18.0 Å². The molecule has 7 nitrogen and oxygen atoms in total. The molecule has 0 aliphatic carbocycles. The summed E-state index contributed by atoms with van der Waals surface area (Å²) in [5.74, 6) is -0.681. The lowest BCUT2D eigenvalue weighted by Gasteiger charge is -2.34. The first-order chi connectivity index (χ1) is 12.1. The van der Waals surface area contributed by atoms with Crippen LogP contribution in [0, 0.1) is 0 Å². The number of rotatable bonds is 5. The van der Waals surface area contributed by atoms with Gasteiger partial charge in [-0.1, -0.05) is 24.3 Å². The molecule has 1 saturated heterocycles. The Labute approximate surface area is 145 Å². The van der Waals surface area contributed by atoms with Crippen LogP contribution in [0.5, 0.6) is 5.75 Å². The van der Waals surface area contributed by atoms with Crippen molar-refractivity contribution in [1.29, 1.82) is 0 Å². The van der Waals surface area contributed by atoms with E-state index < -0.39 is 12.0 Å². The molecule has 1 amide bonds. The number of carboxylic acid groups (broad SMARTS) is 1. The van der Waals surface area contributed by atoms with Crippen molar-refractivity contribution in [3.8, 4) is 5.75 Å². The summed E-state index contributed by atoms with van der Waals surface area (Å²) in [5.41, 5.74) is 6.14. The number of ether oxygens (including phenoxy) is 1. The predicted octanol–water partition coefficient (Wildman–Crippen LogP) is 1.60. The third-order valence-corrected chi connectivity index (χ3v) is 4.45. The summed E-state index contributed by atoms with van der Waals surface area (Å²) in [6.07, 6.45) is 1.20. The quantitative estimate of drug-likeness (QED) is 0.856. The van der Waals surface area contributed by atoms with Gasteiger partial charge in [-0.3, -0.25) is 9.59 Å². The zero-order valence-electron chi connectivity index (χ0n) is 14.0. The van der Waals surface area contributed by atoms with Crippen LogP contribution in [0.25, 0.3) is 10.8 Å². The number of nitrogens with two attached hydrogens (primary N) is 1. The number of hydrogen-bond donors (Lipinski definition) is 2. The summed E-state index contributed by atoms with van der Waals surface area (Å²) in [7, 11) is 1.57. The second-order valence-corrected chi connectivity index (χ2v) is 5.94. The number of carboxylic acids is 1. The molecule has 1 aliphatic heterocycles. The minimum Gasteiger partial charge on any atom is -0.496 e. The number of nitrogens with zero attached hydrogens (tertiary/aromatic N) is 2. The molecule has 3 N–H and O–H groups in total. The van der Waals surface area contributed by atoms with Crippen LogP contribution in [-0.2, 0) is 9.59 Å². The van der Waals surface area contributed by atoms with Crippen LogP contribution in [0.4, 0.5) is 5.69 Å². The largest absolute Gasteiger partial charge is 0.496 e. The van der Waals surface area contributed by atoms with Gasteiger partial charge in [-0.25, -0.2) is 5.01 Å². The number of hydrogen-bond acceptors (Lipinski definition) is 5. The molecule has 1 atom stereocenters. The van der Waals surface area contributed by atoms with E-state index in [1.165, 1.54) is 5.01 Å². The fraction of sp³-hybridized carbons (Fsp3) is 0.333. The van der Waals surface area contributed by atoms with Crippen molar-refractivity contribution in [2.75, 3.05) is 25.2 Å². The third-order valence-electron chi connectivity index (χ3n) is 4.45. The predicted molar refractivity (Wildman–Crippen MR) is 94.4 cm³/mol. The fourth-order valence-corrected chi connectivity index (χ4v) is 3.32. The van der Waals surface area contributed by atoms with Gasteiger partial charge in [0.05, 0.1) is 19.3 Å². The fourth-order valence-electron chi connectivity index (χ4n) is 3.32. The van der Waals surface area contributed by atoms with Crippen molar-refractivity contribution >= 4 is 28.3 Å². The van der Waals surface area contributed by atoms with Crippen LogP contribution in [0.2, 0.25) is 0 Å². The molecule has 3 rings (SSSR count). The van der Waals surface area contributed by atoms with Crippen molar-refractivity contribution in [2.45, 2.75) is 18.9 Å². The van der Waals surface area contributed by atoms with Gasteiger partial charge in [0.2, 0.25) is 0 Å². The van der Waals surface area contributed by atoms with E-state index in [1.807, 2.05) is 30.3 Å². The number of hydrazine groups is 1. The molecule has 25 heavy (non-hydrogen) atoms. The number of aliphatic carboxylic acids is 1. The number of carbonyl (C=O) groups excluding carboxylic acids is 1. The van der Waals surface area contributed by atoms with Crippen molar-refractivity contribution in [1.82, 2.24) is 5.01 Å². The normalized spacial score (nSPS) is 17.6. The van der Waals surface area contributed by atoms with E-state index in [-0.39, 0.29) is 12.5 Å². The number of benzene rings is 2. The van der Waals surface area contributed by atoms with Gasteiger partial charge in [-0.15, -0.1) is 0 Å². The number of carbonyl (C=O) groups is 2. The van der Waals surface area contributed by atoms with Crippen LogP contribution in [0.1, 0.15) is 12.8 Å². The van der Waals surface area contributed by atoms with Crippen LogP contribution in [-0.4, -0.2) is 48.2 Å². The first-order valence-electron chi connectivity index (χ1n) is 8.16. The van der Waals surface area contributed by atoms with Crippen LogP contribution in [0.3, 0.4) is 0 Å². The van der Waals surface area contributed by atoms with E-state index in [0.717, 1.165) is 10.8 Å². The van der Waals surface area contributed by atoms with E-state index in [4.69, 9.17) is 10.5 Å². The maximum atomic E-state index is 12.5. The Kier molecular flexibility index (Phi) is 4.87. The summed E-state index contributed by atoms with van der Waals surface area (Å²) in [6.45, 7) is 0.274. The number of fused-ring (bicyclic) bond motifs is 1. The Morgan fingerprint density at radius 3 is 2.80 bits per heavy atom. The molecule has 0 unspecified atom stereocenters. The molecular formula is C18H21N3O4. The van der Waals surface area contributed by atoms with Gasteiger partial charge in [0.25, 0.3) is 5.91 Å². The number of amides is 1. The van der Waals surface area contributed by atoms with Crippen molar-refractivity contribution in [3.05, 3.63) is 36.4 Å². The Bertz CT molecular complexity index is 808. The van der Waals surface area contributed by atoms with Gasteiger partial charge in [0.1, 0.15) is 11.8 Å². The van der Waals surface area contributed by atoms with Gasteiger partial charge in [0.15, 0.2) is 0 Å². The first-order valence-corrected chi connectivity index (χ1v) is 8.16. The van der Waals surface area contributed by atoms with Crippen LogP contribution < -0.4 is 15.5 Å². The molecule has 0 spiro atoms. The van der Waals surface area contributed by atoms with Gasteiger partial charge in [-0.2, -0.15) is 5.01 Å². The lowest BCUT2D eigenvalue weighted by atomic mass is 10.1. The Morgan fingerprint density at radius 2 is 2.12 bits per heavy atom. The van der Waals surface area contributed by atoms with Gasteiger partial charge >= 0.3 is 5.97 Å². The van der Waals surface area contributed by atoms with E-state index >= 15 is 0 Å². The molecule has 1 heterocycles. The summed E-state index contributed by atoms with van der Waals surface area (Å²) in [5, 5.41) is 14.3. The van der Waals surface area contributed by atoms with E-state index in [9.17, 15) is 14.7 Å². The smallest absolute Gasteiger partial charge is 0.322 e. The van der Waals surface area contributed by atoms with Gasteiger partial charge in [-0.05, 0) is 24.3 Å². The molecular weight excluding hydrogens is 322 g/mol. The number of methoxy groups -OCH3 is 1. The summed E-state index contributed by atoms with van der Waals surface area (Å²) in [6, 6.07) is 10.5. The first kappa shape index (κ1) is 17.2. The maximum Gasteiger partial charge on any atom is 0.322 e. The second-order valence-electron chi connectivity index (χ2n) is 5.94. The average molecular weight is 343 g/mol. The topological polar surface area (TPSA) is 96.1 Å². The molecule has 0 radical (unpaired) electrons. The Hall–Kier alpha value is -2.64. The van der Waals surface area contributed by atoms with Gasteiger partial charge < -0.3 is 15.6 Å². The van der Waals surface area contributed by atoms with Crippen molar-refractivity contribution in [3.63, 3.8) is 0 Å². The van der Waals surface area contributed by atoms with E-state index in [2.05, 4.69) is 0 Å². The van der Waals surface area contributed by atoms with E-state index in [0.29, 0.717) is 30.8 Å². The molecule has 2 aromatic rings. The number of anilines is 1. The molecule has 0 saturated carbocycles. The van der Waals surface area contributed by atoms with Crippen molar-refractivity contribution < 1.29 is 19.4 Å². The summed E-state index contributed by atoms with van der Waals surface area (Å²) < 4.78 is 5.46. The zero-order valence-corrected chi connectivity index (χ0v) is 14.0. The van der Waals surface area contributed by atoms with Crippen LogP contribution >= 0.6 is 0 Å². The Morgan fingerprint density at radius 1 is 1.36 bits per heavy atom. The lowest BCUT2D eigenvalue weighted by Crippen LogP contribution is -2.53. The molecule has 0 bridgehead atoms. The minimum absolute atomic E-state index is 0.210. The Balaban J connectivity index is 2.12. The third kappa shape index (κ3) is 3.16. The second kappa shape index (κ2) is 7.08. The molecule has 1 aliphatic rings. The summed E-state index contributed by atoms with van der Waals surface area (Å²) in [4.78, 5) is 24.1. The molecule has 0 aromatic heterocycles. The SMILES string of the molecule is COc1cc(N(C(=O)CN)N2CCC[C@H]2C(=O)O)cc2ccccc12. The standard InChI is InChI=1S/C18H21N3O4/c1-25-16-10-13(9-12-5-2-3-6-14(12)16)21(17(22)11-19)20-8-4-7-15(20)18(23)24/h2-3,5-6,9-10,15H,4,7-8,11,19H2,1H3,(H,23,24)/t15-/m0/s1. The van der Waals surface area contributed by atoms with Crippen molar-refractivity contribution in [2.24, 2.45) is 5.73 Å². The highest BCUT2D eigenvalue weighted by Gasteiger charge is 2.37. The van der Waals surface area contributed by atoms with E-state index in [1.54, 1.807) is 18.2 Å². The summed E-state index contributed by atoms with van der Waals surface area (Å²) >= 11 is 0. The van der Waals surface area contributed by atoms with Crippen LogP contribution in [0.15, 0.2) is 36.4 Å². The average Bonchev–Trinajstić information content (AvgIpc) is 3.10. The molecule has 7 heteroatoms. The highest BCUT2D eigenvalue weighted by atomic mass is 16.5. The maximum absolute atomic E-state index is 12.5. The lowest BCUT2D eigenvalue weighted by molar-refractivity contribution is -0.142. The zero-order chi connectivity index (χ0) is 18.0. The monoisotopic (exact) mass is 343 g/mol.